The number of thiophene rings is 1. The van der Waals surface area contributed by atoms with Crippen molar-refractivity contribution in [2.75, 3.05) is 0 Å². The Kier molecular flexibility index (Phi) is 7.47. The molecule has 172 valence electrons. The average molecular weight is 513 g/mol. The highest BCUT2D eigenvalue weighted by molar-refractivity contribution is 7.21. The predicted octanol–water partition coefficient (Wildman–Crippen LogP) is 6.34. The van der Waals surface area contributed by atoms with Crippen LogP contribution in [-0.4, -0.2) is 24.2 Å². The van der Waals surface area contributed by atoms with Crippen LogP contribution in [0.1, 0.15) is 22.2 Å². The summed E-state index contributed by atoms with van der Waals surface area (Å²) < 4.78 is 12.0. The number of esters is 1. The monoisotopic (exact) mass is 512 g/mol. The van der Waals surface area contributed by atoms with Gasteiger partial charge in [0.1, 0.15) is 16.4 Å². The molecule has 1 heterocycles. The topological polar surface area (TPSA) is 77.0 Å². The molecule has 3 aromatic carbocycles. The summed E-state index contributed by atoms with van der Waals surface area (Å²) in [5, 5.41) is 5.65. The molecule has 0 saturated carbocycles. The fraction of sp³-hybridized carbons (Fsp3) is 0.0800. The van der Waals surface area contributed by atoms with E-state index in [1.807, 2.05) is 24.3 Å². The maximum Gasteiger partial charge on any atom is 0.355 e. The Labute approximate surface area is 209 Å². The zero-order chi connectivity index (χ0) is 24.1. The number of carbonyl (C=O) groups is 2. The highest BCUT2D eigenvalue weighted by atomic mass is 35.5. The van der Waals surface area contributed by atoms with Gasteiger partial charge in [-0.05, 0) is 48.9 Å². The van der Waals surface area contributed by atoms with Crippen LogP contribution in [0.15, 0.2) is 77.9 Å². The van der Waals surface area contributed by atoms with Crippen molar-refractivity contribution in [1.29, 1.82) is 0 Å². The van der Waals surface area contributed by atoms with Crippen molar-refractivity contribution >= 4 is 62.7 Å². The van der Waals surface area contributed by atoms with Gasteiger partial charge >= 0.3 is 5.97 Å². The maximum absolute atomic E-state index is 12.7. The van der Waals surface area contributed by atoms with Crippen LogP contribution in [-0.2, 0) is 4.79 Å². The Balaban J connectivity index is 1.36. The number of hydrazone groups is 1. The standard InChI is InChI=1S/C25H18Cl2N2O4S/c1-15(32-19-9-5-7-17(26)13-19)24(30)29-28-14-16-6-4-8-18(12-16)33-25(31)23-22(27)20-10-2-3-11-21(20)34-23/h2-15H,1H3,(H,29,30)/b28-14+. The van der Waals surface area contributed by atoms with E-state index in [-0.39, 0.29) is 0 Å². The van der Waals surface area contributed by atoms with Crippen LogP contribution in [0, 0.1) is 0 Å². The molecule has 0 radical (unpaired) electrons. The van der Waals surface area contributed by atoms with Crippen LogP contribution in [0.4, 0.5) is 0 Å². The van der Waals surface area contributed by atoms with Gasteiger partial charge in [-0.2, -0.15) is 5.10 Å². The van der Waals surface area contributed by atoms with Crippen LogP contribution < -0.4 is 14.9 Å². The summed E-state index contributed by atoms with van der Waals surface area (Å²) in [7, 11) is 0. The van der Waals surface area contributed by atoms with Gasteiger partial charge in [-0.3, -0.25) is 4.79 Å². The molecule has 1 atom stereocenters. The molecule has 1 aromatic heterocycles. The second-order valence-electron chi connectivity index (χ2n) is 7.16. The molecule has 4 rings (SSSR count). The number of hydrogen-bond donors (Lipinski definition) is 1. The van der Waals surface area contributed by atoms with Crippen LogP contribution in [0.25, 0.3) is 10.1 Å². The summed E-state index contributed by atoms with van der Waals surface area (Å²) >= 11 is 13.6. The number of nitrogens with zero attached hydrogens (tertiary/aromatic N) is 1. The first-order chi connectivity index (χ1) is 16.4. The molecular formula is C25H18Cl2N2O4S. The van der Waals surface area contributed by atoms with Crippen molar-refractivity contribution in [1.82, 2.24) is 5.43 Å². The van der Waals surface area contributed by atoms with Crippen molar-refractivity contribution in [2.24, 2.45) is 5.10 Å². The van der Waals surface area contributed by atoms with Gasteiger partial charge in [-0.1, -0.05) is 59.6 Å². The van der Waals surface area contributed by atoms with Crippen molar-refractivity contribution in [3.8, 4) is 11.5 Å². The quantitative estimate of drug-likeness (QED) is 0.135. The number of ether oxygens (including phenoxy) is 2. The first kappa shape index (κ1) is 23.8. The molecule has 0 bridgehead atoms. The molecule has 0 fully saturated rings. The molecule has 0 aliphatic heterocycles. The van der Waals surface area contributed by atoms with Crippen molar-refractivity contribution in [3.63, 3.8) is 0 Å². The molecule has 1 N–H and O–H groups in total. The molecular weight excluding hydrogens is 495 g/mol. The zero-order valence-electron chi connectivity index (χ0n) is 17.8. The van der Waals surface area contributed by atoms with Gasteiger partial charge in [0.15, 0.2) is 6.10 Å². The molecule has 9 heteroatoms. The molecule has 0 saturated heterocycles. The third-order valence-electron chi connectivity index (χ3n) is 4.66. The second kappa shape index (κ2) is 10.7. The number of nitrogens with one attached hydrogen (secondary N) is 1. The van der Waals surface area contributed by atoms with Gasteiger partial charge in [0.2, 0.25) is 0 Å². The van der Waals surface area contributed by atoms with E-state index in [1.54, 1.807) is 55.5 Å². The minimum atomic E-state index is -0.783. The van der Waals surface area contributed by atoms with E-state index >= 15 is 0 Å². The van der Waals surface area contributed by atoms with E-state index in [0.717, 1.165) is 10.1 Å². The van der Waals surface area contributed by atoms with Crippen LogP contribution in [0.2, 0.25) is 10.0 Å². The number of fused-ring (bicyclic) bond motifs is 1. The van der Waals surface area contributed by atoms with Crippen LogP contribution in [0.3, 0.4) is 0 Å². The predicted molar refractivity (Wildman–Crippen MR) is 136 cm³/mol. The number of halogens is 2. The highest BCUT2D eigenvalue weighted by Crippen LogP contribution is 2.35. The van der Waals surface area contributed by atoms with Gasteiger partial charge < -0.3 is 9.47 Å². The normalized spacial score (nSPS) is 12.0. The minimum Gasteiger partial charge on any atom is -0.481 e. The van der Waals surface area contributed by atoms with Gasteiger partial charge in [-0.25, -0.2) is 10.2 Å². The second-order valence-corrected chi connectivity index (χ2v) is 9.02. The Hall–Kier alpha value is -3.39. The smallest absolute Gasteiger partial charge is 0.355 e. The number of carbonyl (C=O) groups excluding carboxylic acids is 2. The van der Waals surface area contributed by atoms with E-state index < -0.39 is 18.0 Å². The van der Waals surface area contributed by atoms with E-state index in [4.69, 9.17) is 32.7 Å². The lowest BCUT2D eigenvalue weighted by Crippen LogP contribution is -2.33. The molecule has 0 aliphatic carbocycles. The summed E-state index contributed by atoms with van der Waals surface area (Å²) in [5.74, 6) is -0.169. The van der Waals surface area contributed by atoms with E-state index in [0.29, 0.717) is 32.0 Å². The Morgan fingerprint density at radius 3 is 2.56 bits per heavy atom. The Morgan fingerprint density at radius 2 is 1.76 bits per heavy atom. The molecule has 34 heavy (non-hydrogen) atoms. The third-order valence-corrected chi connectivity index (χ3v) is 6.55. The Morgan fingerprint density at radius 1 is 1.00 bits per heavy atom. The number of hydrogen-bond acceptors (Lipinski definition) is 6. The van der Waals surface area contributed by atoms with Gasteiger partial charge in [-0.15, -0.1) is 11.3 Å². The fourth-order valence-electron chi connectivity index (χ4n) is 3.02. The lowest BCUT2D eigenvalue weighted by molar-refractivity contribution is -0.127. The Bertz CT molecular complexity index is 1390. The van der Waals surface area contributed by atoms with Gasteiger partial charge in [0, 0.05) is 15.1 Å². The number of benzene rings is 3. The average Bonchev–Trinajstić information content (AvgIpc) is 3.16. The highest BCUT2D eigenvalue weighted by Gasteiger charge is 2.19. The van der Waals surface area contributed by atoms with Crippen molar-refractivity contribution < 1.29 is 19.1 Å². The minimum absolute atomic E-state index is 0.325. The number of rotatable bonds is 7. The largest absolute Gasteiger partial charge is 0.481 e. The molecule has 0 aliphatic rings. The lowest BCUT2D eigenvalue weighted by Gasteiger charge is -2.12. The summed E-state index contributed by atoms with van der Waals surface area (Å²) in [5.41, 5.74) is 3.04. The van der Waals surface area contributed by atoms with Crippen molar-refractivity contribution in [3.05, 3.63) is 93.3 Å². The fourth-order valence-corrected chi connectivity index (χ4v) is 4.58. The molecule has 6 nitrogen and oxygen atoms in total. The van der Waals surface area contributed by atoms with E-state index in [1.165, 1.54) is 17.6 Å². The first-order valence-corrected chi connectivity index (χ1v) is 11.7. The molecule has 1 amide bonds. The number of amides is 1. The summed E-state index contributed by atoms with van der Waals surface area (Å²) in [6, 6.07) is 21.0. The maximum atomic E-state index is 12.7. The van der Waals surface area contributed by atoms with Gasteiger partial charge in [0.25, 0.3) is 5.91 Å². The third kappa shape index (κ3) is 5.75. The SMILES string of the molecule is CC(Oc1cccc(Cl)c1)C(=O)N/N=C/c1cccc(OC(=O)c2sc3ccccc3c2Cl)c1. The molecule has 1 unspecified atom stereocenters. The zero-order valence-corrected chi connectivity index (χ0v) is 20.2. The molecule has 0 spiro atoms. The van der Waals surface area contributed by atoms with Gasteiger partial charge in [0.05, 0.1) is 11.2 Å². The van der Waals surface area contributed by atoms with Crippen LogP contribution >= 0.6 is 34.5 Å². The van der Waals surface area contributed by atoms with E-state index in [9.17, 15) is 9.59 Å². The first-order valence-electron chi connectivity index (χ1n) is 10.1. The van der Waals surface area contributed by atoms with Crippen molar-refractivity contribution in [2.45, 2.75) is 13.0 Å². The molecule has 4 aromatic rings. The van der Waals surface area contributed by atoms with Crippen LogP contribution in [0.5, 0.6) is 11.5 Å². The summed E-state index contributed by atoms with van der Waals surface area (Å²) in [6.07, 6.45) is 0.655. The van der Waals surface area contributed by atoms with E-state index in [2.05, 4.69) is 10.5 Å². The lowest BCUT2D eigenvalue weighted by atomic mass is 10.2. The summed E-state index contributed by atoms with van der Waals surface area (Å²) in [4.78, 5) is 25.2. The summed E-state index contributed by atoms with van der Waals surface area (Å²) in [6.45, 7) is 1.60.